The van der Waals surface area contributed by atoms with Crippen LogP contribution in [0.3, 0.4) is 0 Å². The van der Waals surface area contributed by atoms with Crippen molar-refractivity contribution in [1.29, 1.82) is 0 Å². The zero-order chi connectivity index (χ0) is 13.4. The lowest BCUT2D eigenvalue weighted by molar-refractivity contribution is 0.100. The molecule has 17 heavy (non-hydrogen) atoms. The van der Waals surface area contributed by atoms with Gasteiger partial charge in [-0.1, -0.05) is 32.6 Å². The fraction of sp³-hybridized carbons (Fsp3) is 0.286. The Morgan fingerprint density at radius 3 is 2.29 bits per heavy atom. The van der Waals surface area contributed by atoms with Gasteiger partial charge in [-0.25, -0.2) is 0 Å². The third-order valence-electron chi connectivity index (χ3n) is 2.02. The second-order valence-electron chi connectivity index (χ2n) is 3.23. The van der Waals surface area contributed by atoms with Crippen LogP contribution in [-0.2, 0) is 0 Å². The number of para-hydroxylation sites is 1. The molecule has 1 rings (SSSR count). The standard InChI is InChI=1S/C12H14N2O.C2H6/c1-4-14-11-9(8(2)3)6-5-7-10(11)12(13)15;1-2/h4-7H,2H2,1,3H3,(H2,13,15);1-2H3. The molecule has 0 fully saturated rings. The average molecular weight is 232 g/mol. The van der Waals surface area contributed by atoms with E-state index in [0.717, 1.165) is 11.1 Å². The molecule has 0 bridgehead atoms. The summed E-state index contributed by atoms with van der Waals surface area (Å²) in [6.45, 7) is 11.5. The average Bonchev–Trinajstić information content (AvgIpc) is 2.31. The number of primary amides is 1. The third-order valence-corrected chi connectivity index (χ3v) is 2.02. The van der Waals surface area contributed by atoms with Gasteiger partial charge in [0.2, 0.25) is 0 Å². The van der Waals surface area contributed by atoms with E-state index in [9.17, 15) is 4.79 Å². The first kappa shape index (κ1) is 15.1. The molecule has 0 unspecified atom stereocenters. The van der Waals surface area contributed by atoms with Crippen LogP contribution in [0.5, 0.6) is 0 Å². The van der Waals surface area contributed by atoms with Gasteiger partial charge in [0.15, 0.2) is 0 Å². The van der Waals surface area contributed by atoms with E-state index in [0.29, 0.717) is 11.3 Å². The van der Waals surface area contributed by atoms with Gasteiger partial charge in [-0.05, 0) is 25.5 Å². The highest BCUT2D eigenvalue weighted by atomic mass is 16.1. The molecule has 3 heteroatoms. The Labute approximate surface area is 103 Å². The van der Waals surface area contributed by atoms with Gasteiger partial charge in [-0.15, -0.1) is 0 Å². The molecule has 0 saturated heterocycles. The first-order valence-corrected chi connectivity index (χ1v) is 5.65. The van der Waals surface area contributed by atoms with Crippen LogP contribution >= 0.6 is 0 Å². The van der Waals surface area contributed by atoms with Crippen LogP contribution in [0.1, 0.15) is 43.6 Å². The Balaban J connectivity index is 0.00000121. The summed E-state index contributed by atoms with van der Waals surface area (Å²) in [7, 11) is 0. The summed E-state index contributed by atoms with van der Waals surface area (Å²) in [6, 6.07) is 5.31. The fourth-order valence-corrected chi connectivity index (χ4v) is 1.35. The molecule has 0 spiro atoms. The molecule has 0 heterocycles. The van der Waals surface area contributed by atoms with E-state index < -0.39 is 5.91 Å². The topological polar surface area (TPSA) is 55.5 Å². The summed E-state index contributed by atoms with van der Waals surface area (Å²) in [5.74, 6) is -0.473. The predicted octanol–water partition coefficient (Wildman–Crippen LogP) is 3.57. The van der Waals surface area contributed by atoms with E-state index in [4.69, 9.17) is 5.73 Å². The zero-order valence-corrected chi connectivity index (χ0v) is 10.9. The van der Waals surface area contributed by atoms with Crippen molar-refractivity contribution in [2.24, 2.45) is 10.7 Å². The second kappa shape index (κ2) is 7.39. The summed E-state index contributed by atoms with van der Waals surface area (Å²) < 4.78 is 0. The normalized spacial score (nSPS) is 9.65. The fourth-order valence-electron chi connectivity index (χ4n) is 1.35. The highest BCUT2D eigenvalue weighted by Crippen LogP contribution is 2.28. The highest BCUT2D eigenvalue weighted by molar-refractivity contribution is 6.00. The van der Waals surface area contributed by atoms with Crippen LogP contribution in [0.4, 0.5) is 5.69 Å². The van der Waals surface area contributed by atoms with Gasteiger partial charge in [0.25, 0.3) is 5.91 Å². The Morgan fingerprint density at radius 1 is 1.35 bits per heavy atom. The van der Waals surface area contributed by atoms with Gasteiger partial charge < -0.3 is 5.73 Å². The van der Waals surface area contributed by atoms with Crippen molar-refractivity contribution >= 4 is 23.4 Å². The second-order valence-corrected chi connectivity index (χ2v) is 3.23. The van der Waals surface area contributed by atoms with Crippen molar-refractivity contribution < 1.29 is 4.79 Å². The van der Waals surface area contributed by atoms with E-state index in [-0.39, 0.29) is 0 Å². The van der Waals surface area contributed by atoms with Crippen molar-refractivity contribution in [2.75, 3.05) is 0 Å². The highest BCUT2D eigenvalue weighted by Gasteiger charge is 2.11. The number of nitrogens with zero attached hydrogens (tertiary/aromatic N) is 1. The lowest BCUT2D eigenvalue weighted by Gasteiger charge is -2.08. The van der Waals surface area contributed by atoms with E-state index in [1.54, 1.807) is 25.3 Å². The quantitative estimate of drug-likeness (QED) is 0.796. The molecule has 0 atom stereocenters. The predicted molar refractivity (Wildman–Crippen MR) is 74.8 cm³/mol. The van der Waals surface area contributed by atoms with Gasteiger partial charge in [0.1, 0.15) is 0 Å². The number of nitrogens with two attached hydrogens (primary N) is 1. The lowest BCUT2D eigenvalue weighted by atomic mass is 10.0. The van der Waals surface area contributed by atoms with Crippen molar-refractivity contribution in [3.05, 3.63) is 35.9 Å². The summed E-state index contributed by atoms with van der Waals surface area (Å²) in [5.41, 5.74) is 8.00. The maximum atomic E-state index is 11.2. The minimum absolute atomic E-state index is 0.425. The van der Waals surface area contributed by atoms with Crippen LogP contribution in [-0.4, -0.2) is 12.1 Å². The largest absolute Gasteiger partial charge is 0.366 e. The van der Waals surface area contributed by atoms with Gasteiger partial charge in [0.05, 0.1) is 11.3 Å². The van der Waals surface area contributed by atoms with Crippen LogP contribution in [0.2, 0.25) is 0 Å². The number of hydrogen-bond donors (Lipinski definition) is 1. The van der Waals surface area contributed by atoms with E-state index in [2.05, 4.69) is 11.6 Å². The number of hydrogen-bond acceptors (Lipinski definition) is 2. The molecular formula is C14H20N2O. The molecule has 0 saturated carbocycles. The Hall–Kier alpha value is -1.90. The van der Waals surface area contributed by atoms with Crippen molar-refractivity contribution in [2.45, 2.75) is 27.7 Å². The zero-order valence-electron chi connectivity index (χ0n) is 10.9. The number of allylic oxidation sites excluding steroid dienone is 1. The molecule has 0 aromatic heterocycles. The van der Waals surface area contributed by atoms with E-state index in [1.165, 1.54) is 0 Å². The first-order valence-electron chi connectivity index (χ1n) is 5.65. The molecule has 0 aliphatic rings. The number of amides is 1. The van der Waals surface area contributed by atoms with Crippen LogP contribution in [0.15, 0.2) is 29.8 Å². The molecule has 0 aliphatic carbocycles. The Kier molecular flexibility index (Phi) is 6.56. The van der Waals surface area contributed by atoms with Crippen molar-refractivity contribution in [3.8, 4) is 0 Å². The van der Waals surface area contributed by atoms with E-state index >= 15 is 0 Å². The van der Waals surface area contributed by atoms with Gasteiger partial charge in [-0.3, -0.25) is 9.79 Å². The smallest absolute Gasteiger partial charge is 0.250 e. The van der Waals surface area contributed by atoms with Gasteiger partial charge in [-0.2, -0.15) is 0 Å². The van der Waals surface area contributed by atoms with Crippen LogP contribution in [0, 0.1) is 0 Å². The van der Waals surface area contributed by atoms with Crippen LogP contribution in [0.25, 0.3) is 5.57 Å². The number of benzene rings is 1. The summed E-state index contributed by atoms with van der Waals surface area (Å²) in [6.07, 6.45) is 1.63. The third kappa shape index (κ3) is 3.87. The number of carbonyl (C=O) groups excluding carboxylic acids is 1. The molecule has 1 aromatic rings. The minimum Gasteiger partial charge on any atom is -0.366 e. The number of carbonyl (C=O) groups is 1. The molecule has 1 aromatic carbocycles. The molecule has 0 aliphatic heterocycles. The molecule has 0 radical (unpaired) electrons. The first-order chi connectivity index (χ1) is 8.07. The Bertz CT molecular complexity index is 402. The maximum absolute atomic E-state index is 11.2. The number of aliphatic imine (C=N–C) groups is 1. The lowest BCUT2D eigenvalue weighted by Crippen LogP contribution is -2.11. The van der Waals surface area contributed by atoms with Crippen LogP contribution < -0.4 is 5.73 Å². The SMILES string of the molecule is C=C(C)c1cccc(C(N)=O)c1N=CC.CC. The molecule has 92 valence electrons. The summed E-state index contributed by atoms with van der Waals surface area (Å²) >= 11 is 0. The maximum Gasteiger partial charge on any atom is 0.250 e. The molecule has 3 nitrogen and oxygen atoms in total. The Morgan fingerprint density at radius 2 is 1.88 bits per heavy atom. The van der Waals surface area contributed by atoms with Gasteiger partial charge >= 0.3 is 0 Å². The monoisotopic (exact) mass is 232 g/mol. The molecule has 2 N–H and O–H groups in total. The molecule has 1 amide bonds. The van der Waals surface area contributed by atoms with Crippen molar-refractivity contribution in [3.63, 3.8) is 0 Å². The van der Waals surface area contributed by atoms with E-state index in [1.807, 2.05) is 26.8 Å². The number of rotatable bonds is 3. The minimum atomic E-state index is -0.473. The molecular weight excluding hydrogens is 212 g/mol. The summed E-state index contributed by atoms with van der Waals surface area (Å²) in [4.78, 5) is 15.4. The summed E-state index contributed by atoms with van der Waals surface area (Å²) in [5, 5.41) is 0. The van der Waals surface area contributed by atoms with Crippen molar-refractivity contribution in [1.82, 2.24) is 0 Å². The van der Waals surface area contributed by atoms with Gasteiger partial charge in [0, 0.05) is 11.8 Å².